The fourth-order valence-corrected chi connectivity index (χ4v) is 1.31. The molecule has 0 rings (SSSR count). The van der Waals surface area contributed by atoms with E-state index in [1.54, 1.807) is 0 Å². The zero-order valence-electron chi connectivity index (χ0n) is 10.0. The SMILES string of the molecule is CCC(CC)C(=O)CC(=O)C(C)(C)C. The first-order valence-electron chi connectivity index (χ1n) is 5.38. The fourth-order valence-electron chi connectivity index (χ4n) is 1.31. The fraction of sp³-hybridized carbons (Fsp3) is 0.833. The first-order valence-corrected chi connectivity index (χ1v) is 5.38. The molecule has 82 valence electrons. The molecular formula is C12H22O2. The van der Waals surface area contributed by atoms with E-state index in [1.165, 1.54) is 0 Å². The predicted octanol–water partition coefficient (Wildman–Crippen LogP) is 3.00. The minimum Gasteiger partial charge on any atom is -0.299 e. The van der Waals surface area contributed by atoms with Gasteiger partial charge in [-0.2, -0.15) is 0 Å². The van der Waals surface area contributed by atoms with Crippen LogP contribution in [0.1, 0.15) is 53.9 Å². The molecule has 0 spiro atoms. The van der Waals surface area contributed by atoms with Crippen LogP contribution in [0.15, 0.2) is 0 Å². The maximum Gasteiger partial charge on any atom is 0.145 e. The van der Waals surface area contributed by atoms with Crippen molar-refractivity contribution in [3.05, 3.63) is 0 Å². The van der Waals surface area contributed by atoms with Crippen LogP contribution in [0, 0.1) is 11.3 Å². The van der Waals surface area contributed by atoms with E-state index in [2.05, 4.69) is 0 Å². The smallest absolute Gasteiger partial charge is 0.145 e. The molecule has 0 aromatic carbocycles. The molecular weight excluding hydrogens is 176 g/mol. The average molecular weight is 198 g/mol. The largest absolute Gasteiger partial charge is 0.299 e. The molecule has 0 N–H and O–H groups in total. The van der Waals surface area contributed by atoms with E-state index < -0.39 is 0 Å². The van der Waals surface area contributed by atoms with Crippen molar-refractivity contribution < 1.29 is 9.59 Å². The predicted molar refractivity (Wildman–Crippen MR) is 58.2 cm³/mol. The van der Waals surface area contributed by atoms with E-state index >= 15 is 0 Å². The molecule has 0 bridgehead atoms. The number of carbonyl (C=O) groups excluding carboxylic acids is 2. The van der Waals surface area contributed by atoms with E-state index in [1.807, 2.05) is 34.6 Å². The summed E-state index contributed by atoms with van der Waals surface area (Å²) in [5.41, 5.74) is -0.387. The van der Waals surface area contributed by atoms with E-state index in [0.717, 1.165) is 12.8 Å². The van der Waals surface area contributed by atoms with Crippen LogP contribution in [0.4, 0.5) is 0 Å². The van der Waals surface area contributed by atoms with Gasteiger partial charge in [-0.1, -0.05) is 34.6 Å². The molecule has 2 nitrogen and oxygen atoms in total. The Kier molecular flexibility index (Phi) is 5.03. The van der Waals surface area contributed by atoms with Gasteiger partial charge in [-0.25, -0.2) is 0 Å². The summed E-state index contributed by atoms with van der Waals surface area (Å²) >= 11 is 0. The lowest BCUT2D eigenvalue weighted by molar-refractivity contribution is -0.133. The van der Waals surface area contributed by atoms with Crippen molar-refractivity contribution in [2.24, 2.45) is 11.3 Å². The molecule has 0 radical (unpaired) electrons. The maximum atomic E-state index is 11.6. The Morgan fingerprint density at radius 2 is 1.50 bits per heavy atom. The first-order chi connectivity index (χ1) is 6.32. The van der Waals surface area contributed by atoms with Crippen LogP contribution in [0.5, 0.6) is 0 Å². The van der Waals surface area contributed by atoms with Crippen LogP contribution in [-0.4, -0.2) is 11.6 Å². The molecule has 2 heteroatoms. The highest BCUT2D eigenvalue weighted by Crippen LogP contribution is 2.19. The highest BCUT2D eigenvalue weighted by atomic mass is 16.1. The van der Waals surface area contributed by atoms with Crippen molar-refractivity contribution in [3.8, 4) is 0 Å². The van der Waals surface area contributed by atoms with Crippen LogP contribution in [0.2, 0.25) is 0 Å². The molecule has 0 aliphatic heterocycles. The van der Waals surface area contributed by atoms with Crippen LogP contribution in [-0.2, 0) is 9.59 Å². The van der Waals surface area contributed by atoms with Crippen molar-refractivity contribution >= 4 is 11.6 Å². The molecule has 0 fully saturated rings. The Morgan fingerprint density at radius 1 is 1.07 bits per heavy atom. The van der Waals surface area contributed by atoms with E-state index in [9.17, 15) is 9.59 Å². The standard InChI is InChI=1S/C12H22O2/c1-6-9(7-2)10(13)8-11(14)12(3,4)5/h9H,6-8H2,1-5H3. The minimum atomic E-state index is -0.387. The van der Waals surface area contributed by atoms with E-state index in [0.29, 0.717) is 0 Å². The summed E-state index contributed by atoms with van der Waals surface area (Å²) in [5.74, 6) is 0.227. The molecule has 0 aromatic rings. The Labute approximate surface area is 87.1 Å². The van der Waals surface area contributed by atoms with Crippen LogP contribution >= 0.6 is 0 Å². The monoisotopic (exact) mass is 198 g/mol. The summed E-state index contributed by atoms with van der Waals surface area (Å²) < 4.78 is 0. The second-order valence-electron chi connectivity index (χ2n) is 4.83. The number of hydrogen-bond acceptors (Lipinski definition) is 2. The molecule has 14 heavy (non-hydrogen) atoms. The topological polar surface area (TPSA) is 34.1 Å². The van der Waals surface area contributed by atoms with Gasteiger partial charge in [-0.15, -0.1) is 0 Å². The average Bonchev–Trinajstić information content (AvgIpc) is 2.04. The summed E-state index contributed by atoms with van der Waals surface area (Å²) in [7, 11) is 0. The van der Waals surface area contributed by atoms with Gasteiger partial charge in [0.05, 0.1) is 6.42 Å². The van der Waals surface area contributed by atoms with Gasteiger partial charge in [-0.3, -0.25) is 9.59 Å². The van der Waals surface area contributed by atoms with Gasteiger partial charge < -0.3 is 0 Å². The molecule has 0 saturated heterocycles. The lowest BCUT2D eigenvalue weighted by Gasteiger charge is -2.18. The zero-order chi connectivity index (χ0) is 11.4. The highest BCUT2D eigenvalue weighted by Gasteiger charge is 2.25. The summed E-state index contributed by atoms with van der Waals surface area (Å²) in [6.45, 7) is 9.56. The lowest BCUT2D eigenvalue weighted by Crippen LogP contribution is -2.26. The van der Waals surface area contributed by atoms with Gasteiger partial charge in [0.2, 0.25) is 0 Å². The highest BCUT2D eigenvalue weighted by molar-refractivity contribution is 6.02. The van der Waals surface area contributed by atoms with Gasteiger partial charge >= 0.3 is 0 Å². The minimum absolute atomic E-state index is 0.0504. The number of ketones is 2. The van der Waals surface area contributed by atoms with Crippen LogP contribution < -0.4 is 0 Å². The Balaban J connectivity index is 4.26. The summed E-state index contributed by atoms with van der Waals surface area (Å²) in [5, 5.41) is 0. The summed E-state index contributed by atoms with van der Waals surface area (Å²) in [4.78, 5) is 23.2. The van der Waals surface area contributed by atoms with Crippen LogP contribution in [0.3, 0.4) is 0 Å². The van der Waals surface area contributed by atoms with E-state index in [-0.39, 0.29) is 29.3 Å². The normalized spacial score (nSPS) is 11.9. The Bertz CT molecular complexity index is 207. The van der Waals surface area contributed by atoms with Crippen molar-refractivity contribution in [3.63, 3.8) is 0 Å². The molecule has 0 saturated carbocycles. The summed E-state index contributed by atoms with van der Waals surface area (Å²) in [6.07, 6.45) is 1.79. The molecule has 0 amide bonds. The third kappa shape index (κ3) is 4.03. The quantitative estimate of drug-likeness (QED) is 0.636. The van der Waals surface area contributed by atoms with Crippen LogP contribution in [0.25, 0.3) is 0 Å². The lowest BCUT2D eigenvalue weighted by atomic mass is 9.85. The van der Waals surface area contributed by atoms with Crippen molar-refractivity contribution in [2.75, 3.05) is 0 Å². The van der Waals surface area contributed by atoms with Gasteiger partial charge in [0.15, 0.2) is 0 Å². The summed E-state index contributed by atoms with van der Waals surface area (Å²) in [6, 6.07) is 0. The second-order valence-corrected chi connectivity index (χ2v) is 4.83. The maximum absolute atomic E-state index is 11.6. The molecule has 0 atom stereocenters. The van der Waals surface area contributed by atoms with Crippen molar-refractivity contribution in [2.45, 2.75) is 53.9 Å². The first kappa shape index (κ1) is 13.3. The Hall–Kier alpha value is -0.660. The number of Topliss-reactive ketones (excluding diaryl/α,β-unsaturated/α-hetero) is 2. The number of rotatable bonds is 5. The molecule has 0 aromatic heterocycles. The number of hydrogen-bond donors (Lipinski definition) is 0. The number of carbonyl (C=O) groups is 2. The zero-order valence-corrected chi connectivity index (χ0v) is 10.0. The van der Waals surface area contributed by atoms with Gasteiger partial charge in [0, 0.05) is 11.3 Å². The van der Waals surface area contributed by atoms with E-state index in [4.69, 9.17) is 0 Å². The van der Waals surface area contributed by atoms with Gasteiger partial charge in [0.25, 0.3) is 0 Å². The molecule has 0 unspecified atom stereocenters. The van der Waals surface area contributed by atoms with Crippen molar-refractivity contribution in [1.82, 2.24) is 0 Å². The van der Waals surface area contributed by atoms with Gasteiger partial charge in [0.1, 0.15) is 11.6 Å². The molecule has 0 heterocycles. The molecule has 0 aliphatic rings. The second kappa shape index (κ2) is 5.28. The third-order valence-electron chi connectivity index (χ3n) is 2.61. The van der Waals surface area contributed by atoms with Gasteiger partial charge in [-0.05, 0) is 12.8 Å². The molecule has 0 aliphatic carbocycles. The third-order valence-corrected chi connectivity index (χ3v) is 2.61. The van der Waals surface area contributed by atoms with Crippen molar-refractivity contribution in [1.29, 1.82) is 0 Å². The Morgan fingerprint density at radius 3 is 1.79 bits per heavy atom.